The fourth-order valence-electron chi connectivity index (χ4n) is 2.04. The summed E-state index contributed by atoms with van der Waals surface area (Å²) in [6.45, 7) is 8.88. The maximum atomic E-state index is 13.7. The zero-order valence-electron chi connectivity index (χ0n) is 15.1. The van der Waals surface area contributed by atoms with Crippen LogP contribution in [-0.2, 0) is 14.8 Å². The standard InChI is InChI=1S/C16H24BrFN2O4S/c1-9(2)14(15(21)19-16(3,4)5)20-25(22,23)13-8-12(24-6)11(18)7-10(13)17/h7-9,14,20H,1-6H3,(H,19,21)/t14-/m1/s1. The van der Waals surface area contributed by atoms with Crippen LogP contribution in [0.1, 0.15) is 34.6 Å². The van der Waals surface area contributed by atoms with Gasteiger partial charge in [-0.25, -0.2) is 12.8 Å². The van der Waals surface area contributed by atoms with Gasteiger partial charge in [-0.3, -0.25) is 4.79 Å². The number of ether oxygens (including phenoxy) is 1. The van der Waals surface area contributed by atoms with E-state index in [1.807, 2.05) is 0 Å². The number of nitrogens with one attached hydrogen (secondary N) is 2. The molecule has 25 heavy (non-hydrogen) atoms. The summed E-state index contributed by atoms with van der Waals surface area (Å²) in [5.74, 6) is -1.63. The first kappa shape index (κ1) is 21.9. The van der Waals surface area contributed by atoms with E-state index in [9.17, 15) is 17.6 Å². The van der Waals surface area contributed by atoms with Crippen LogP contribution in [0.15, 0.2) is 21.5 Å². The monoisotopic (exact) mass is 438 g/mol. The lowest BCUT2D eigenvalue weighted by atomic mass is 10.0. The number of hydrogen-bond donors (Lipinski definition) is 2. The quantitative estimate of drug-likeness (QED) is 0.714. The lowest BCUT2D eigenvalue weighted by Crippen LogP contribution is -2.54. The molecule has 1 amide bonds. The SMILES string of the molecule is COc1cc(S(=O)(=O)N[C@@H](C(=O)NC(C)(C)C)C(C)C)c(Br)cc1F. The Labute approximate surface area is 156 Å². The molecular formula is C16H24BrFN2O4S. The highest BCUT2D eigenvalue weighted by molar-refractivity contribution is 9.10. The molecule has 0 radical (unpaired) electrons. The van der Waals surface area contributed by atoms with Gasteiger partial charge in [-0.05, 0) is 48.7 Å². The van der Waals surface area contributed by atoms with Gasteiger partial charge < -0.3 is 10.1 Å². The van der Waals surface area contributed by atoms with Gasteiger partial charge in [0.2, 0.25) is 15.9 Å². The predicted molar refractivity (Wildman–Crippen MR) is 97.5 cm³/mol. The van der Waals surface area contributed by atoms with Crippen molar-refractivity contribution < 1.29 is 22.3 Å². The van der Waals surface area contributed by atoms with E-state index in [2.05, 4.69) is 26.0 Å². The molecule has 142 valence electrons. The van der Waals surface area contributed by atoms with E-state index in [-0.39, 0.29) is 21.0 Å². The third-order valence-electron chi connectivity index (χ3n) is 3.23. The first-order valence-electron chi connectivity index (χ1n) is 7.66. The number of methoxy groups -OCH3 is 1. The largest absolute Gasteiger partial charge is 0.494 e. The number of sulfonamides is 1. The van der Waals surface area contributed by atoms with Crippen molar-refractivity contribution in [3.05, 3.63) is 22.4 Å². The maximum absolute atomic E-state index is 13.7. The zero-order valence-corrected chi connectivity index (χ0v) is 17.5. The molecule has 0 bridgehead atoms. The second kappa shape index (κ2) is 8.01. The lowest BCUT2D eigenvalue weighted by molar-refractivity contribution is -0.125. The molecule has 1 aromatic rings. The average Bonchev–Trinajstić information content (AvgIpc) is 2.42. The highest BCUT2D eigenvalue weighted by Gasteiger charge is 2.31. The van der Waals surface area contributed by atoms with Crippen molar-refractivity contribution >= 4 is 31.9 Å². The van der Waals surface area contributed by atoms with Gasteiger partial charge in [0.15, 0.2) is 11.6 Å². The summed E-state index contributed by atoms with van der Waals surface area (Å²) in [6.07, 6.45) is 0. The lowest BCUT2D eigenvalue weighted by Gasteiger charge is -2.27. The van der Waals surface area contributed by atoms with E-state index in [0.717, 1.165) is 12.1 Å². The summed E-state index contributed by atoms with van der Waals surface area (Å²) in [5.41, 5.74) is -0.505. The van der Waals surface area contributed by atoms with Crippen LogP contribution in [0.3, 0.4) is 0 Å². The molecule has 6 nitrogen and oxygen atoms in total. The summed E-state index contributed by atoms with van der Waals surface area (Å²) in [6, 6.07) is 1.10. The molecular weight excluding hydrogens is 415 g/mol. The van der Waals surface area contributed by atoms with Crippen molar-refractivity contribution in [2.45, 2.75) is 51.1 Å². The van der Waals surface area contributed by atoms with E-state index in [1.54, 1.807) is 34.6 Å². The van der Waals surface area contributed by atoms with E-state index in [4.69, 9.17) is 4.74 Å². The van der Waals surface area contributed by atoms with Gasteiger partial charge in [-0.15, -0.1) is 0 Å². The molecule has 9 heteroatoms. The molecule has 0 aromatic heterocycles. The Hall–Kier alpha value is -1.19. The first-order chi connectivity index (χ1) is 11.3. The van der Waals surface area contributed by atoms with Gasteiger partial charge in [0.05, 0.1) is 7.11 Å². The fourth-order valence-corrected chi connectivity index (χ4v) is 4.42. The number of amides is 1. The summed E-state index contributed by atoms with van der Waals surface area (Å²) in [7, 11) is -2.85. The summed E-state index contributed by atoms with van der Waals surface area (Å²) < 4.78 is 46.4. The highest BCUT2D eigenvalue weighted by Crippen LogP contribution is 2.29. The molecule has 1 atom stereocenters. The fraction of sp³-hybridized carbons (Fsp3) is 0.562. The third kappa shape index (κ3) is 5.93. The van der Waals surface area contributed by atoms with Gasteiger partial charge in [-0.2, -0.15) is 4.72 Å². The second-order valence-corrected chi connectivity index (χ2v) is 9.54. The summed E-state index contributed by atoms with van der Waals surface area (Å²) in [5, 5.41) is 2.76. The number of carbonyl (C=O) groups is 1. The van der Waals surface area contributed by atoms with Crippen LogP contribution in [-0.4, -0.2) is 33.0 Å². The van der Waals surface area contributed by atoms with Gasteiger partial charge in [0, 0.05) is 16.1 Å². The van der Waals surface area contributed by atoms with Crippen molar-refractivity contribution in [1.82, 2.24) is 10.0 Å². The highest BCUT2D eigenvalue weighted by atomic mass is 79.9. The smallest absolute Gasteiger partial charge is 0.242 e. The molecule has 0 saturated carbocycles. The maximum Gasteiger partial charge on any atom is 0.242 e. The van der Waals surface area contributed by atoms with Crippen molar-refractivity contribution in [2.24, 2.45) is 5.92 Å². The predicted octanol–water partition coefficient (Wildman–Crippen LogP) is 2.81. The Bertz CT molecular complexity index is 745. The number of benzene rings is 1. The molecule has 0 unspecified atom stereocenters. The molecule has 2 N–H and O–H groups in total. The Balaban J connectivity index is 3.23. The number of hydrogen-bond acceptors (Lipinski definition) is 4. The Morgan fingerprint density at radius 2 is 1.84 bits per heavy atom. The number of carbonyl (C=O) groups excluding carboxylic acids is 1. The normalized spacial score (nSPS) is 13.6. The third-order valence-corrected chi connectivity index (χ3v) is 5.62. The van der Waals surface area contributed by atoms with Crippen LogP contribution in [0.25, 0.3) is 0 Å². The van der Waals surface area contributed by atoms with Crippen LogP contribution in [0.5, 0.6) is 5.75 Å². The van der Waals surface area contributed by atoms with Crippen molar-refractivity contribution in [2.75, 3.05) is 7.11 Å². The molecule has 1 aromatic carbocycles. The molecule has 0 aliphatic carbocycles. The molecule has 0 saturated heterocycles. The Kier molecular flexibility index (Phi) is 7.00. The Morgan fingerprint density at radius 1 is 1.28 bits per heavy atom. The van der Waals surface area contributed by atoms with Crippen LogP contribution in [0.4, 0.5) is 4.39 Å². The van der Waals surface area contributed by atoms with E-state index >= 15 is 0 Å². The molecule has 0 spiro atoms. The first-order valence-corrected chi connectivity index (χ1v) is 9.93. The zero-order chi connectivity index (χ0) is 19.6. The minimum atomic E-state index is -4.09. The second-order valence-electron chi connectivity index (χ2n) is 7.00. The van der Waals surface area contributed by atoms with Crippen LogP contribution < -0.4 is 14.8 Å². The van der Waals surface area contributed by atoms with E-state index < -0.39 is 33.3 Å². The molecule has 0 heterocycles. The van der Waals surface area contributed by atoms with Gasteiger partial charge in [0.1, 0.15) is 10.9 Å². The van der Waals surface area contributed by atoms with Gasteiger partial charge in [0.25, 0.3) is 0 Å². The van der Waals surface area contributed by atoms with E-state index in [1.165, 1.54) is 7.11 Å². The molecule has 0 fully saturated rings. The molecule has 0 aliphatic heterocycles. The van der Waals surface area contributed by atoms with Gasteiger partial charge >= 0.3 is 0 Å². The summed E-state index contributed by atoms with van der Waals surface area (Å²) >= 11 is 3.04. The van der Waals surface area contributed by atoms with Crippen molar-refractivity contribution in [1.29, 1.82) is 0 Å². The number of halogens is 2. The van der Waals surface area contributed by atoms with Crippen LogP contribution >= 0.6 is 15.9 Å². The van der Waals surface area contributed by atoms with Crippen LogP contribution in [0.2, 0.25) is 0 Å². The van der Waals surface area contributed by atoms with Crippen LogP contribution in [0, 0.1) is 11.7 Å². The number of rotatable bonds is 6. The average molecular weight is 439 g/mol. The minimum absolute atomic E-state index is 0.0389. The summed E-state index contributed by atoms with van der Waals surface area (Å²) in [4.78, 5) is 12.2. The topological polar surface area (TPSA) is 84.5 Å². The Morgan fingerprint density at radius 3 is 2.28 bits per heavy atom. The van der Waals surface area contributed by atoms with Gasteiger partial charge in [-0.1, -0.05) is 13.8 Å². The minimum Gasteiger partial charge on any atom is -0.494 e. The van der Waals surface area contributed by atoms with E-state index in [0.29, 0.717) is 0 Å². The molecule has 1 rings (SSSR count). The van der Waals surface area contributed by atoms with Crippen molar-refractivity contribution in [3.8, 4) is 5.75 Å². The molecule has 0 aliphatic rings. The van der Waals surface area contributed by atoms with Crippen molar-refractivity contribution in [3.63, 3.8) is 0 Å².